The number of amides is 1. The summed E-state index contributed by atoms with van der Waals surface area (Å²) in [4.78, 5) is 17.3. The fourth-order valence-electron chi connectivity index (χ4n) is 3.19. The van der Waals surface area contributed by atoms with Crippen LogP contribution in [0.1, 0.15) is 16.1 Å². The topological polar surface area (TPSA) is 46.9 Å². The van der Waals surface area contributed by atoms with Crippen LogP contribution >= 0.6 is 11.3 Å². The third-order valence-electron chi connectivity index (χ3n) is 4.81. The molecule has 150 valence electrons. The van der Waals surface area contributed by atoms with Crippen LogP contribution in [0.4, 0.5) is 0 Å². The first-order valence-corrected chi connectivity index (χ1v) is 10.0. The molecule has 0 saturated carbocycles. The summed E-state index contributed by atoms with van der Waals surface area (Å²) in [7, 11) is 9.21. The van der Waals surface area contributed by atoms with Gasteiger partial charge in [0.2, 0.25) is 0 Å². The SMILES string of the molecule is COc1ccc(CN(CCN(C)C)C(=O)c2cc3sccc3n2C)cc1OC. The van der Waals surface area contributed by atoms with E-state index in [2.05, 4.69) is 11.0 Å². The number of nitrogens with zero attached hydrogens (tertiary/aromatic N) is 3. The van der Waals surface area contributed by atoms with E-state index in [1.807, 2.05) is 60.3 Å². The van der Waals surface area contributed by atoms with E-state index < -0.39 is 0 Å². The van der Waals surface area contributed by atoms with E-state index >= 15 is 0 Å². The van der Waals surface area contributed by atoms with Gasteiger partial charge in [-0.3, -0.25) is 4.79 Å². The highest BCUT2D eigenvalue weighted by molar-refractivity contribution is 7.17. The minimum absolute atomic E-state index is 0.0301. The van der Waals surface area contributed by atoms with Crippen LogP contribution in [0.15, 0.2) is 35.7 Å². The third-order valence-corrected chi connectivity index (χ3v) is 5.66. The van der Waals surface area contributed by atoms with Crippen LogP contribution in [0.25, 0.3) is 10.2 Å². The molecule has 0 radical (unpaired) electrons. The number of methoxy groups -OCH3 is 2. The molecule has 0 aliphatic heterocycles. The monoisotopic (exact) mass is 401 g/mol. The third kappa shape index (κ3) is 4.15. The van der Waals surface area contributed by atoms with Crippen molar-refractivity contribution in [3.05, 3.63) is 47.0 Å². The highest BCUT2D eigenvalue weighted by Crippen LogP contribution is 2.29. The highest BCUT2D eigenvalue weighted by atomic mass is 32.1. The van der Waals surface area contributed by atoms with Crippen LogP contribution in [0.3, 0.4) is 0 Å². The average Bonchev–Trinajstić information content (AvgIpc) is 3.27. The molecule has 1 aromatic carbocycles. The van der Waals surface area contributed by atoms with Gasteiger partial charge < -0.3 is 23.8 Å². The molecule has 0 aliphatic carbocycles. The normalized spacial score (nSPS) is 11.2. The Kier molecular flexibility index (Phi) is 6.26. The number of thiophene rings is 1. The molecule has 0 atom stereocenters. The van der Waals surface area contributed by atoms with Gasteiger partial charge in [0.1, 0.15) is 5.69 Å². The molecule has 2 heterocycles. The van der Waals surface area contributed by atoms with Gasteiger partial charge in [0.15, 0.2) is 11.5 Å². The number of carbonyl (C=O) groups is 1. The molecular formula is C21H27N3O3S. The molecule has 3 rings (SSSR count). The van der Waals surface area contributed by atoms with Crippen molar-refractivity contribution >= 4 is 27.5 Å². The lowest BCUT2D eigenvalue weighted by Gasteiger charge is -2.25. The van der Waals surface area contributed by atoms with Crippen LogP contribution < -0.4 is 9.47 Å². The van der Waals surface area contributed by atoms with Crippen LogP contribution in [0.5, 0.6) is 11.5 Å². The standard InChI is InChI=1S/C21H27N3O3S/c1-22(2)9-10-24(14-15-6-7-18(26-4)19(12-15)27-5)21(25)17-13-20-16(23(17)3)8-11-28-20/h6-8,11-13H,9-10,14H2,1-5H3. The Hall–Kier alpha value is -2.51. The van der Waals surface area contributed by atoms with Gasteiger partial charge in [0.25, 0.3) is 5.91 Å². The minimum atomic E-state index is 0.0301. The number of rotatable bonds is 8. The van der Waals surface area contributed by atoms with Gasteiger partial charge in [-0.25, -0.2) is 0 Å². The Labute approximate surface area is 169 Å². The minimum Gasteiger partial charge on any atom is -0.493 e. The number of carbonyl (C=O) groups excluding carboxylic acids is 1. The van der Waals surface area contributed by atoms with Crippen LogP contribution in [-0.2, 0) is 13.6 Å². The number of aromatic nitrogens is 1. The number of aryl methyl sites for hydroxylation is 1. The number of likely N-dealkylation sites (N-methyl/N-ethyl adjacent to an activating group) is 1. The molecule has 2 aromatic heterocycles. The predicted octanol–water partition coefficient (Wildman–Crippen LogP) is 3.46. The number of hydrogen-bond donors (Lipinski definition) is 0. The van der Waals surface area contributed by atoms with Crippen molar-refractivity contribution in [1.82, 2.24) is 14.4 Å². The maximum atomic E-state index is 13.4. The first kappa shape index (κ1) is 20.2. The zero-order chi connectivity index (χ0) is 20.3. The van der Waals surface area contributed by atoms with Gasteiger partial charge in [-0.1, -0.05) is 6.07 Å². The fourth-order valence-corrected chi connectivity index (χ4v) is 4.04. The van der Waals surface area contributed by atoms with Gasteiger partial charge in [0, 0.05) is 26.7 Å². The van der Waals surface area contributed by atoms with Crippen LogP contribution in [-0.4, -0.2) is 61.7 Å². The summed E-state index contributed by atoms with van der Waals surface area (Å²) in [5.41, 5.74) is 2.80. The van der Waals surface area contributed by atoms with Crippen molar-refractivity contribution in [3.63, 3.8) is 0 Å². The Morgan fingerprint density at radius 1 is 1.07 bits per heavy atom. The summed E-state index contributed by atoms with van der Waals surface area (Å²) in [5.74, 6) is 1.38. The Morgan fingerprint density at radius 3 is 2.46 bits per heavy atom. The lowest BCUT2D eigenvalue weighted by atomic mass is 10.1. The molecule has 3 aromatic rings. The zero-order valence-corrected chi connectivity index (χ0v) is 17.9. The lowest BCUT2D eigenvalue weighted by Crippen LogP contribution is -2.37. The van der Waals surface area contributed by atoms with Crippen molar-refractivity contribution in [1.29, 1.82) is 0 Å². The molecule has 6 nitrogen and oxygen atoms in total. The van der Waals surface area contributed by atoms with Gasteiger partial charge >= 0.3 is 0 Å². The first-order chi connectivity index (χ1) is 13.4. The quantitative estimate of drug-likeness (QED) is 0.580. The Morgan fingerprint density at radius 2 is 1.82 bits per heavy atom. The summed E-state index contributed by atoms with van der Waals surface area (Å²) in [6.45, 7) is 1.93. The predicted molar refractivity (Wildman–Crippen MR) is 114 cm³/mol. The molecule has 0 saturated heterocycles. The summed E-state index contributed by atoms with van der Waals surface area (Å²) >= 11 is 1.65. The van der Waals surface area contributed by atoms with Crippen LogP contribution in [0.2, 0.25) is 0 Å². The second-order valence-electron chi connectivity index (χ2n) is 6.98. The molecule has 0 spiro atoms. The Bertz CT molecular complexity index is 961. The van der Waals surface area contributed by atoms with E-state index in [1.54, 1.807) is 25.6 Å². The van der Waals surface area contributed by atoms with Gasteiger partial charge in [-0.15, -0.1) is 11.3 Å². The maximum Gasteiger partial charge on any atom is 0.270 e. The Balaban J connectivity index is 1.89. The number of fused-ring (bicyclic) bond motifs is 1. The average molecular weight is 402 g/mol. The molecule has 1 amide bonds. The molecule has 0 aliphatic rings. The van der Waals surface area contributed by atoms with E-state index in [9.17, 15) is 4.79 Å². The highest BCUT2D eigenvalue weighted by Gasteiger charge is 2.21. The maximum absolute atomic E-state index is 13.4. The number of ether oxygens (including phenoxy) is 2. The first-order valence-electron chi connectivity index (χ1n) is 9.12. The summed E-state index contributed by atoms with van der Waals surface area (Å²) in [5, 5.41) is 2.05. The lowest BCUT2D eigenvalue weighted by molar-refractivity contribution is 0.0722. The largest absolute Gasteiger partial charge is 0.493 e. The number of hydrogen-bond acceptors (Lipinski definition) is 5. The fraction of sp³-hybridized carbons (Fsp3) is 0.381. The summed E-state index contributed by atoms with van der Waals surface area (Å²) < 4.78 is 13.8. The summed E-state index contributed by atoms with van der Waals surface area (Å²) in [6, 6.07) is 9.81. The van der Waals surface area contributed by atoms with Crippen molar-refractivity contribution in [2.24, 2.45) is 7.05 Å². The van der Waals surface area contributed by atoms with Gasteiger partial charge in [0.05, 0.1) is 24.4 Å². The number of benzene rings is 1. The van der Waals surface area contributed by atoms with Crippen LogP contribution in [0, 0.1) is 0 Å². The molecular weight excluding hydrogens is 374 g/mol. The van der Waals surface area contributed by atoms with E-state index in [4.69, 9.17) is 9.47 Å². The van der Waals surface area contributed by atoms with Crippen molar-refractivity contribution in [2.75, 3.05) is 41.4 Å². The second-order valence-corrected chi connectivity index (χ2v) is 7.93. The smallest absolute Gasteiger partial charge is 0.270 e. The summed E-state index contributed by atoms with van der Waals surface area (Å²) in [6.07, 6.45) is 0. The molecule has 0 fully saturated rings. The van der Waals surface area contributed by atoms with Gasteiger partial charge in [-0.2, -0.15) is 0 Å². The molecule has 0 N–H and O–H groups in total. The van der Waals surface area contributed by atoms with E-state index in [1.165, 1.54) is 0 Å². The molecule has 0 unspecified atom stereocenters. The van der Waals surface area contributed by atoms with E-state index in [-0.39, 0.29) is 5.91 Å². The molecule has 0 bridgehead atoms. The van der Waals surface area contributed by atoms with Gasteiger partial charge in [-0.05, 0) is 49.3 Å². The zero-order valence-electron chi connectivity index (χ0n) is 17.1. The van der Waals surface area contributed by atoms with E-state index in [0.29, 0.717) is 30.3 Å². The van der Waals surface area contributed by atoms with Crippen molar-refractivity contribution < 1.29 is 14.3 Å². The van der Waals surface area contributed by atoms with Crippen molar-refractivity contribution in [3.8, 4) is 11.5 Å². The molecule has 28 heavy (non-hydrogen) atoms. The molecule has 7 heteroatoms. The van der Waals surface area contributed by atoms with E-state index in [0.717, 1.165) is 22.3 Å². The second kappa shape index (κ2) is 8.67. The van der Waals surface area contributed by atoms with Crippen molar-refractivity contribution in [2.45, 2.75) is 6.54 Å².